The van der Waals surface area contributed by atoms with Crippen LogP contribution in [0.1, 0.15) is 55.7 Å². The molecule has 2 aromatic carbocycles. The minimum atomic E-state index is 0.0804. The van der Waals surface area contributed by atoms with E-state index in [1.807, 2.05) is 30.9 Å². The van der Waals surface area contributed by atoms with Crippen LogP contribution in [0.25, 0.3) is 0 Å². The van der Waals surface area contributed by atoms with E-state index in [0.29, 0.717) is 6.42 Å². The van der Waals surface area contributed by atoms with Gasteiger partial charge in [-0.1, -0.05) is 42.0 Å². The number of hydrogen-bond acceptors (Lipinski definition) is 2. The highest BCUT2D eigenvalue weighted by atomic mass is 16.5. The SMILES string of the molecule is Cc1ccc([C@@H](CC(=O)N2CCCC2)c2ccc(OC(C)C)cc2)cc1. The maximum absolute atomic E-state index is 12.8. The molecule has 0 spiro atoms. The van der Waals surface area contributed by atoms with Gasteiger partial charge >= 0.3 is 0 Å². The first-order valence-electron chi connectivity index (χ1n) is 9.64. The predicted molar refractivity (Wildman–Crippen MR) is 106 cm³/mol. The van der Waals surface area contributed by atoms with Crippen molar-refractivity contribution in [3.8, 4) is 5.75 Å². The lowest BCUT2D eigenvalue weighted by atomic mass is 9.87. The second-order valence-corrected chi connectivity index (χ2v) is 7.49. The zero-order chi connectivity index (χ0) is 18.5. The third-order valence-corrected chi connectivity index (χ3v) is 4.97. The van der Waals surface area contributed by atoms with Gasteiger partial charge in [0.1, 0.15) is 5.75 Å². The molecule has 3 rings (SSSR count). The fraction of sp³-hybridized carbons (Fsp3) is 0.435. The monoisotopic (exact) mass is 351 g/mol. The Balaban J connectivity index is 1.84. The van der Waals surface area contributed by atoms with Crippen LogP contribution < -0.4 is 4.74 Å². The van der Waals surface area contributed by atoms with Gasteiger partial charge in [-0.2, -0.15) is 0 Å². The van der Waals surface area contributed by atoms with Crippen LogP contribution in [0.2, 0.25) is 0 Å². The van der Waals surface area contributed by atoms with Crippen molar-refractivity contribution in [2.24, 2.45) is 0 Å². The summed E-state index contributed by atoms with van der Waals surface area (Å²) in [5.74, 6) is 1.21. The molecule has 138 valence electrons. The summed E-state index contributed by atoms with van der Waals surface area (Å²) in [5, 5.41) is 0. The third kappa shape index (κ3) is 4.66. The minimum absolute atomic E-state index is 0.0804. The van der Waals surface area contributed by atoms with Gasteiger partial charge < -0.3 is 9.64 Å². The lowest BCUT2D eigenvalue weighted by Gasteiger charge is -2.22. The fourth-order valence-corrected chi connectivity index (χ4v) is 3.55. The van der Waals surface area contributed by atoms with Crippen LogP contribution in [0.3, 0.4) is 0 Å². The Hall–Kier alpha value is -2.29. The lowest BCUT2D eigenvalue weighted by molar-refractivity contribution is -0.130. The van der Waals surface area contributed by atoms with E-state index in [1.165, 1.54) is 11.1 Å². The topological polar surface area (TPSA) is 29.5 Å². The first kappa shape index (κ1) is 18.5. The number of carbonyl (C=O) groups is 1. The lowest BCUT2D eigenvalue weighted by Crippen LogP contribution is -2.29. The number of hydrogen-bond donors (Lipinski definition) is 0. The summed E-state index contributed by atoms with van der Waals surface area (Å²) in [6, 6.07) is 16.8. The summed E-state index contributed by atoms with van der Waals surface area (Å²) in [7, 11) is 0. The van der Waals surface area contributed by atoms with Gasteiger partial charge in [0.15, 0.2) is 0 Å². The van der Waals surface area contributed by atoms with Crippen molar-refractivity contribution in [3.63, 3.8) is 0 Å². The Morgan fingerprint density at radius 1 is 0.962 bits per heavy atom. The maximum Gasteiger partial charge on any atom is 0.223 e. The first-order chi connectivity index (χ1) is 12.5. The maximum atomic E-state index is 12.8. The van der Waals surface area contributed by atoms with Crippen molar-refractivity contribution in [1.82, 2.24) is 4.90 Å². The number of nitrogens with zero attached hydrogens (tertiary/aromatic N) is 1. The van der Waals surface area contributed by atoms with Crippen LogP contribution in [-0.4, -0.2) is 30.0 Å². The van der Waals surface area contributed by atoms with Gasteiger partial charge in [-0.3, -0.25) is 4.79 Å². The minimum Gasteiger partial charge on any atom is -0.491 e. The average Bonchev–Trinajstić information content (AvgIpc) is 3.16. The number of aryl methyl sites for hydroxylation is 1. The van der Waals surface area contributed by atoms with E-state index in [4.69, 9.17) is 4.74 Å². The molecule has 0 bridgehead atoms. The van der Waals surface area contributed by atoms with Gasteiger partial charge in [0.05, 0.1) is 6.10 Å². The summed E-state index contributed by atoms with van der Waals surface area (Å²) in [4.78, 5) is 14.8. The first-order valence-corrected chi connectivity index (χ1v) is 9.64. The second kappa shape index (κ2) is 8.39. The molecule has 3 heteroatoms. The summed E-state index contributed by atoms with van der Waals surface area (Å²) in [6.07, 6.45) is 2.93. The van der Waals surface area contributed by atoms with Gasteiger partial charge in [-0.15, -0.1) is 0 Å². The van der Waals surface area contributed by atoms with Crippen LogP contribution in [0.15, 0.2) is 48.5 Å². The normalized spacial score (nSPS) is 15.3. The summed E-state index contributed by atoms with van der Waals surface area (Å²) in [6.45, 7) is 7.95. The zero-order valence-corrected chi connectivity index (χ0v) is 16.1. The van der Waals surface area contributed by atoms with E-state index in [9.17, 15) is 4.79 Å². The fourth-order valence-electron chi connectivity index (χ4n) is 3.55. The highest BCUT2D eigenvalue weighted by molar-refractivity contribution is 5.78. The summed E-state index contributed by atoms with van der Waals surface area (Å²) < 4.78 is 5.76. The van der Waals surface area contributed by atoms with Crippen LogP contribution >= 0.6 is 0 Å². The molecular formula is C23H29NO2. The molecule has 1 heterocycles. The van der Waals surface area contributed by atoms with E-state index in [0.717, 1.165) is 37.2 Å². The van der Waals surface area contributed by atoms with Crippen molar-refractivity contribution in [2.45, 2.75) is 52.1 Å². The quantitative estimate of drug-likeness (QED) is 0.739. The largest absolute Gasteiger partial charge is 0.491 e. The predicted octanol–water partition coefficient (Wildman–Crippen LogP) is 4.93. The Kier molecular flexibility index (Phi) is 5.97. The molecule has 0 aliphatic carbocycles. The van der Waals surface area contributed by atoms with Gasteiger partial charge in [-0.25, -0.2) is 0 Å². The van der Waals surface area contributed by atoms with Crippen molar-refractivity contribution in [3.05, 3.63) is 65.2 Å². The van der Waals surface area contributed by atoms with Gasteiger partial charge in [0.25, 0.3) is 0 Å². The summed E-state index contributed by atoms with van der Waals surface area (Å²) >= 11 is 0. The molecule has 1 atom stereocenters. The highest BCUT2D eigenvalue weighted by Crippen LogP contribution is 2.31. The molecule has 0 saturated carbocycles. The Morgan fingerprint density at radius 2 is 1.50 bits per heavy atom. The number of carbonyl (C=O) groups excluding carboxylic acids is 1. The molecule has 1 saturated heterocycles. The Morgan fingerprint density at radius 3 is 2.04 bits per heavy atom. The highest BCUT2D eigenvalue weighted by Gasteiger charge is 2.24. The molecule has 2 aromatic rings. The van der Waals surface area contributed by atoms with E-state index in [-0.39, 0.29) is 17.9 Å². The molecule has 1 aliphatic heterocycles. The Labute approximate surface area is 157 Å². The van der Waals surface area contributed by atoms with Gasteiger partial charge in [-0.05, 0) is 56.9 Å². The van der Waals surface area contributed by atoms with Crippen LogP contribution in [-0.2, 0) is 4.79 Å². The standard InChI is InChI=1S/C23H29NO2/c1-17(2)26-21-12-10-20(11-13-21)22(19-8-6-18(3)7-9-19)16-23(25)24-14-4-5-15-24/h6-13,17,22H,4-5,14-16H2,1-3H3/t22-/m1/s1. The van der Waals surface area contributed by atoms with Gasteiger partial charge in [0.2, 0.25) is 5.91 Å². The number of likely N-dealkylation sites (tertiary alicyclic amines) is 1. The number of ether oxygens (including phenoxy) is 1. The molecule has 26 heavy (non-hydrogen) atoms. The van der Waals surface area contributed by atoms with Crippen LogP contribution in [0.4, 0.5) is 0 Å². The van der Waals surface area contributed by atoms with Crippen molar-refractivity contribution in [1.29, 1.82) is 0 Å². The molecule has 1 aliphatic rings. The number of amides is 1. The van der Waals surface area contributed by atoms with E-state index in [2.05, 4.69) is 43.3 Å². The molecule has 0 aromatic heterocycles. The van der Waals surface area contributed by atoms with Gasteiger partial charge in [0, 0.05) is 25.4 Å². The molecular weight excluding hydrogens is 322 g/mol. The third-order valence-electron chi connectivity index (χ3n) is 4.97. The number of benzene rings is 2. The van der Waals surface area contributed by atoms with E-state index < -0.39 is 0 Å². The smallest absolute Gasteiger partial charge is 0.223 e. The van der Waals surface area contributed by atoms with E-state index >= 15 is 0 Å². The second-order valence-electron chi connectivity index (χ2n) is 7.49. The summed E-state index contributed by atoms with van der Waals surface area (Å²) in [5.41, 5.74) is 3.59. The molecule has 3 nitrogen and oxygen atoms in total. The Bertz CT molecular complexity index is 713. The number of rotatable bonds is 6. The molecule has 0 unspecified atom stereocenters. The van der Waals surface area contributed by atoms with Crippen LogP contribution in [0, 0.1) is 6.92 Å². The molecule has 1 fully saturated rings. The molecule has 0 N–H and O–H groups in total. The van der Waals surface area contributed by atoms with Crippen LogP contribution in [0.5, 0.6) is 5.75 Å². The molecule has 1 amide bonds. The zero-order valence-electron chi connectivity index (χ0n) is 16.1. The van der Waals surface area contributed by atoms with Crippen molar-refractivity contribution >= 4 is 5.91 Å². The van der Waals surface area contributed by atoms with Crippen molar-refractivity contribution < 1.29 is 9.53 Å². The molecule has 0 radical (unpaired) electrons. The van der Waals surface area contributed by atoms with Crippen molar-refractivity contribution in [2.75, 3.05) is 13.1 Å². The average molecular weight is 351 g/mol. The van der Waals surface area contributed by atoms with E-state index in [1.54, 1.807) is 0 Å².